The molecular weight excluding hydrogens is 416 g/mol. The number of rotatable bonds is 7. The lowest BCUT2D eigenvalue weighted by Crippen LogP contribution is -2.35. The number of anilines is 1. The molecular formula is C23H20N2O7. The Hall–Kier alpha value is -4.19. The predicted octanol–water partition coefficient (Wildman–Crippen LogP) is 2.69. The molecule has 0 fully saturated rings. The maximum atomic E-state index is 12.7. The average molecular weight is 436 g/mol. The van der Waals surface area contributed by atoms with Gasteiger partial charge in [-0.05, 0) is 35.9 Å². The molecule has 0 saturated carbocycles. The Balaban J connectivity index is 1.37. The monoisotopic (exact) mass is 436 g/mol. The van der Waals surface area contributed by atoms with Crippen molar-refractivity contribution >= 4 is 23.6 Å². The van der Waals surface area contributed by atoms with Gasteiger partial charge in [-0.15, -0.1) is 0 Å². The fourth-order valence-electron chi connectivity index (χ4n) is 3.20. The second-order valence-corrected chi connectivity index (χ2v) is 6.84. The van der Waals surface area contributed by atoms with E-state index in [2.05, 4.69) is 0 Å². The summed E-state index contributed by atoms with van der Waals surface area (Å²) in [6.07, 6.45) is 2.91. The number of carbonyl (C=O) groups is 2. The van der Waals surface area contributed by atoms with Crippen LogP contribution in [-0.4, -0.2) is 45.0 Å². The Morgan fingerprint density at radius 1 is 1.00 bits per heavy atom. The minimum atomic E-state index is -0.668. The van der Waals surface area contributed by atoms with E-state index in [0.29, 0.717) is 41.9 Å². The zero-order valence-electron chi connectivity index (χ0n) is 17.1. The molecule has 2 aliphatic heterocycles. The van der Waals surface area contributed by atoms with Crippen LogP contribution in [0.5, 0.6) is 23.0 Å². The van der Waals surface area contributed by atoms with Gasteiger partial charge in [0.05, 0.1) is 12.5 Å². The third-order valence-electron chi connectivity index (χ3n) is 4.73. The first kappa shape index (κ1) is 21.1. The van der Waals surface area contributed by atoms with Gasteiger partial charge in [-0.2, -0.15) is 5.26 Å². The molecule has 164 valence electrons. The van der Waals surface area contributed by atoms with Gasteiger partial charge in [-0.1, -0.05) is 6.07 Å². The smallest absolute Gasteiger partial charge is 0.331 e. The van der Waals surface area contributed by atoms with E-state index >= 15 is 0 Å². The van der Waals surface area contributed by atoms with Crippen molar-refractivity contribution in [1.29, 1.82) is 5.26 Å². The highest BCUT2D eigenvalue weighted by molar-refractivity contribution is 5.96. The molecule has 2 aromatic rings. The maximum absolute atomic E-state index is 12.7. The second-order valence-electron chi connectivity index (χ2n) is 6.84. The van der Waals surface area contributed by atoms with Crippen LogP contribution in [0.3, 0.4) is 0 Å². The first-order valence-corrected chi connectivity index (χ1v) is 9.95. The predicted molar refractivity (Wildman–Crippen MR) is 113 cm³/mol. The van der Waals surface area contributed by atoms with Gasteiger partial charge in [0.2, 0.25) is 6.79 Å². The molecule has 0 atom stereocenters. The molecule has 4 rings (SSSR count). The Morgan fingerprint density at radius 3 is 2.56 bits per heavy atom. The van der Waals surface area contributed by atoms with E-state index < -0.39 is 18.5 Å². The Labute approximate surface area is 184 Å². The summed E-state index contributed by atoms with van der Waals surface area (Å²) in [7, 11) is 0. The summed E-state index contributed by atoms with van der Waals surface area (Å²) >= 11 is 0. The number of esters is 1. The lowest BCUT2D eigenvalue weighted by molar-refractivity contribution is -0.142. The van der Waals surface area contributed by atoms with Gasteiger partial charge in [-0.3, -0.25) is 4.79 Å². The Bertz CT molecular complexity index is 1090. The number of nitrogens with zero attached hydrogens (tertiary/aromatic N) is 2. The van der Waals surface area contributed by atoms with Gasteiger partial charge in [-0.25, -0.2) is 4.79 Å². The number of hydrogen-bond acceptors (Lipinski definition) is 8. The lowest BCUT2D eigenvalue weighted by atomic mass is 10.2. The molecule has 9 nitrogen and oxygen atoms in total. The summed E-state index contributed by atoms with van der Waals surface area (Å²) in [5, 5.41) is 8.95. The van der Waals surface area contributed by atoms with Crippen molar-refractivity contribution in [2.24, 2.45) is 0 Å². The highest BCUT2D eigenvalue weighted by Crippen LogP contribution is 2.34. The summed E-state index contributed by atoms with van der Waals surface area (Å²) in [6, 6.07) is 12.4. The van der Waals surface area contributed by atoms with Crippen LogP contribution in [0.4, 0.5) is 5.69 Å². The number of benzene rings is 2. The summed E-state index contributed by atoms with van der Waals surface area (Å²) in [5.41, 5.74) is 1.26. The van der Waals surface area contributed by atoms with Crippen LogP contribution in [0.15, 0.2) is 42.5 Å². The lowest BCUT2D eigenvalue weighted by Gasteiger charge is -2.24. The molecule has 32 heavy (non-hydrogen) atoms. The molecule has 1 amide bonds. The Morgan fingerprint density at radius 2 is 1.72 bits per heavy atom. The van der Waals surface area contributed by atoms with Crippen molar-refractivity contribution in [3.05, 3.63) is 48.0 Å². The van der Waals surface area contributed by atoms with Crippen molar-refractivity contribution in [2.75, 3.05) is 38.1 Å². The van der Waals surface area contributed by atoms with Crippen molar-refractivity contribution in [3.8, 4) is 29.1 Å². The molecule has 2 aromatic carbocycles. The van der Waals surface area contributed by atoms with E-state index in [1.807, 2.05) is 6.07 Å². The number of fused-ring (bicyclic) bond motifs is 2. The van der Waals surface area contributed by atoms with Gasteiger partial charge in [0.15, 0.2) is 29.6 Å². The van der Waals surface area contributed by atoms with Crippen LogP contribution >= 0.6 is 0 Å². The molecule has 0 aromatic heterocycles. The summed E-state index contributed by atoms with van der Waals surface area (Å²) in [4.78, 5) is 26.2. The number of ether oxygens (including phenoxy) is 5. The van der Waals surface area contributed by atoms with Gasteiger partial charge in [0, 0.05) is 24.4 Å². The molecule has 0 radical (unpaired) electrons. The van der Waals surface area contributed by atoms with E-state index in [4.69, 9.17) is 28.9 Å². The topological polar surface area (TPSA) is 107 Å². The molecule has 0 bridgehead atoms. The Kier molecular flexibility index (Phi) is 6.41. The number of nitriles is 1. The highest BCUT2D eigenvalue weighted by Gasteiger charge is 2.20. The van der Waals surface area contributed by atoms with Crippen molar-refractivity contribution in [3.63, 3.8) is 0 Å². The summed E-state index contributed by atoms with van der Waals surface area (Å²) in [6.45, 7) is 0.719. The minimum Gasteiger partial charge on any atom is -0.486 e. The first-order chi connectivity index (χ1) is 15.6. The largest absolute Gasteiger partial charge is 0.486 e. The zero-order chi connectivity index (χ0) is 22.3. The van der Waals surface area contributed by atoms with Gasteiger partial charge in [0.25, 0.3) is 5.91 Å². The van der Waals surface area contributed by atoms with Crippen LogP contribution in [0.25, 0.3) is 6.08 Å². The summed E-state index contributed by atoms with van der Waals surface area (Å²) < 4.78 is 26.7. The SMILES string of the molecule is N#CCCN(C(=O)COC(=O)/C=C/c1ccc2c(c1)OCO2)c1ccc2c(c1)OCCO2. The molecule has 9 heteroatoms. The first-order valence-electron chi connectivity index (χ1n) is 9.95. The van der Waals surface area contributed by atoms with Crippen LogP contribution in [-0.2, 0) is 14.3 Å². The normalized spacial score (nSPS) is 13.5. The van der Waals surface area contributed by atoms with E-state index in [1.54, 1.807) is 42.5 Å². The molecule has 0 unspecified atom stereocenters. The third-order valence-corrected chi connectivity index (χ3v) is 4.73. The van der Waals surface area contributed by atoms with Crippen LogP contribution in [0.2, 0.25) is 0 Å². The fourth-order valence-corrected chi connectivity index (χ4v) is 3.20. The number of hydrogen-bond donors (Lipinski definition) is 0. The van der Waals surface area contributed by atoms with Crippen LogP contribution < -0.4 is 23.8 Å². The van der Waals surface area contributed by atoms with Crippen LogP contribution in [0.1, 0.15) is 12.0 Å². The van der Waals surface area contributed by atoms with E-state index in [9.17, 15) is 9.59 Å². The van der Waals surface area contributed by atoms with Crippen molar-refractivity contribution < 1.29 is 33.3 Å². The van der Waals surface area contributed by atoms with E-state index in [0.717, 1.165) is 5.56 Å². The molecule has 2 heterocycles. The minimum absolute atomic E-state index is 0.123. The van der Waals surface area contributed by atoms with E-state index in [-0.39, 0.29) is 19.8 Å². The highest BCUT2D eigenvalue weighted by atomic mass is 16.7. The molecule has 0 aliphatic carbocycles. The van der Waals surface area contributed by atoms with Gasteiger partial charge < -0.3 is 28.6 Å². The van der Waals surface area contributed by atoms with Gasteiger partial charge >= 0.3 is 5.97 Å². The standard InChI is InChI=1S/C23H20N2O7/c24-8-1-9-25(17-4-6-18-21(13-17)29-11-10-28-18)22(26)14-30-23(27)7-3-16-2-5-19-20(12-16)32-15-31-19/h2-7,12-13H,1,9-11,14-15H2/b7-3+. The second kappa shape index (κ2) is 9.75. The van der Waals surface area contributed by atoms with Gasteiger partial charge in [0.1, 0.15) is 13.2 Å². The summed E-state index contributed by atoms with van der Waals surface area (Å²) in [5.74, 6) is 1.23. The molecule has 0 spiro atoms. The van der Waals surface area contributed by atoms with Crippen molar-refractivity contribution in [2.45, 2.75) is 6.42 Å². The van der Waals surface area contributed by atoms with Crippen molar-refractivity contribution in [1.82, 2.24) is 0 Å². The molecule has 0 saturated heterocycles. The average Bonchev–Trinajstić information content (AvgIpc) is 3.29. The molecule has 0 N–H and O–H groups in total. The quantitative estimate of drug-likeness (QED) is 0.482. The maximum Gasteiger partial charge on any atom is 0.331 e. The van der Waals surface area contributed by atoms with E-state index in [1.165, 1.54) is 11.0 Å². The third kappa shape index (κ3) is 4.92. The number of amides is 1. The molecule has 2 aliphatic rings. The van der Waals surface area contributed by atoms with Crippen LogP contribution in [0, 0.1) is 11.3 Å². The zero-order valence-corrected chi connectivity index (χ0v) is 17.1. The fraction of sp³-hybridized carbons (Fsp3) is 0.261. The number of carbonyl (C=O) groups excluding carboxylic acids is 2.